The van der Waals surface area contributed by atoms with Gasteiger partial charge in [0.05, 0.1) is 6.26 Å². The number of sulfonamides is 1. The van der Waals surface area contributed by atoms with Gasteiger partial charge in [0.15, 0.2) is 0 Å². The van der Waals surface area contributed by atoms with Crippen molar-refractivity contribution < 1.29 is 13.2 Å². The standard InChI is InChI=1S/C12H17N3O3S/c1-19(17,18)15-11-4-2-10(3-5-11)12(16)14-8-9-6-13-7-9/h2-5,9,13,15H,6-8H2,1H3,(H,14,16). The Morgan fingerprint density at radius 1 is 1.32 bits per heavy atom. The maximum absolute atomic E-state index is 11.8. The van der Waals surface area contributed by atoms with Gasteiger partial charge in [-0.3, -0.25) is 9.52 Å². The van der Waals surface area contributed by atoms with Crippen LogP contribution in [0.15, 0.2) is 24.3 Å². The first-order valence-electron chi connectivity index (χ1n) is 6.01. The van der Waals surface area contributed by atoms with Gasteiger partial charge in [-0.25, -0.2) is 8.42 Å². The predicted molar refractivity (Wildman–Crippen MR) is 73.6 cm³/mol. The van der Waals surface area contributed by atoms with E-state index < -0.39 is 10.0 Å². The van der Waals surface area contributed by atoms with E-state index in [1.807, 2.05) is 0 Å². The molecular formula is C12H17N3O3S. The van der Waals surface area contributed by atoms with E-state index >= 15 is 0 Å². The van der Waals surface area contributed by atoms with E-state index in [0.29, 0.717) is 23.7 Å². The summed E-state index contributed by atoms with van der Waals surface area (Å²) >= 11 is 0. The van der Waals surface area contributed by atoms with E-state index in [1.54, 1.807) is 24.3 Å². The molecule has 3 N–H and O–H groups in total. The van der Waals surface area contributed by atoms with Gasteiger partial charge in [0, 0.05) is 36.8 Å². The fourth-order valence-corrected chi connectivity index (χ4v) is 2.30. The molecule has 2 rings (SSSR count). The molecule has 1 saturated heterocycles. The summed E-state index contributed by atoms with van der Waals surface area (Å²) in [4.78, 5) is 11.8. The molecule has 104 valence electrons. The maximum atomic E-state index is 11.8. The van der Waals surface area contributed by atoms with Crippen molar-refractivity contribution in [1.29, 1.82) is 0 Å². The molecule has 7 heteroatoms. The summed E-state index contributed by atoms with van der Waals surface area (Å²) in [7, 11) is -3.29. The molecule has 1 aliphatic rings. The summed E-state index contributed by atoms with van der Waals surface area (Å²) in [6, 6.07) is 6.34. The van der Waals surface area contributed by atoms with Crippen LogP contribution in [0.4, 0.5) is 5.69 Å². The highest BCUT2D eigenvalue weighted by Crippen LogP contribution is 2.11. The maximum Gasteiger partial charge on any atom is 0.251 e. The number of nitrogens with one attached hydrogen (secondary N) is 3. The lowest BCUT2D eigenvalue weighted by atomic mass is 10.0. The molecule has 0 spiro atoms. The molecule has 1 aliphatic heterocycles. The van der Waals surface area contributed by atoms with Crippen LogP contribution in [0, 0.1) is 5.92 Å². The number of anilines is 1. The van der Waals surface area contributed by atoms with Crippen molar-refractivity contribution in [2.45, 2.75) is 0 Å². The molecule has 0 bridgehead atoms. The average molecular weight is 283 g/mol. The third-order valence-electron chi connectivity index (χ3n) is 2.87. The Kier molecular flexibility index (Phi) is 4.06. The minimum Gasteiger partial charge on any atom is -0.352 e. The summed E-state index contributed by atoms with van der Waals surface area (Å²) in [5.41, 5.74) is 0.966. The summed E-state index contributed by atoms with van der Waals surface area (Å²) in [5, 5.41) is 5.99. The summed E-state index contributed by atoms with van der Waals surface area (Å²) < 4.78 is 24.4. The molecule has 1 fully saturated rings. The number of benzene rings is 1. The molecule has 1 amide bonds. The van der Waals surface area contributed by atoms with Gasteiger partial charge < -0.3 is 10.6 Å². The highest BCUT2D eigenvalue weighted by atomic mass is 32.2. The monoisotopic (exact) mass is 283 g/mol. The van der Waals surface area contributed by atoms with E-state index in [0.717, 1.165) is 19.3 Å². The van der Waals surface area contributed by atoms with Crippen molar-refractivity contribution in [1.82, 2.24) is 10.6 Å². The van der Waals surface area contributed by atoms with E-state index in [2.05, 4.69) is 15.4 Å². The van der Waals surface area contributed by atoms with Crippen LogP contribution in [0.1, 0.15) is 10.4 Å². The quantitative estimate of drug-likeness (QED) is 0.710. The van der Waals surface area contributed by atoms with Gasteiger partial charge >= 0.3 is 0 Å². The molecule has 19 heavy (non-hydrogen) atoms. The zero-order chi connectivity index (χ0) is 13.9. The molecule has 6 nitrogen and oxygen atoms in total. The van der Waals surface area contributed by atoms with Crippen LogP contribution in [-0.4, -0.2) is 40.2 Å². The summed E-state index contributed by atoms with van der Waals surface area (Å²) in [5.74, 6) is 0.368. The van der Waals surface area contributed by atoms with Crippen LogP contribution in [0.3, 0.4) is 0 Å². The van der Waals surface area contributed by atoms with Crippen molar-refractivity contribution in [3.8, 4) is 0 Å². The third kappa shape index (κ3) is 4.22. The molecule has 1 aromatic carbocycles. The van der Waals surface area contributed by atoms with Crippen LogP contribution in [0.25, 0.3) is 0 Å². The lowest BCUT2D eigenvalue weighted by molar-refractivity contribution is 0.0942. The fourth-order valence-electron chi connectivity index (χ4n) is 1.74. The van der Waals surface area contributed by atoms with Crippen LogP contribution >= 0.6 is 0 Å². The first-order valence-corrected chi connectivity index (χ1v) is 7.90. The van der Waals surface area contributed by atoms with Crippen LogP contribution in [0.5, 0.6) is 0 Å². The topological polar surface area (TPSA) is 87.3 Å². The molecule has 0 atom stereocenters. The van der Waals surface area contributed by atoms with Gasteiger partial charge in [0.2, 0.25) is 10.0 Å². The Balaban J connectivity index is 1.91. The van der Waals surface area contributed by atoms with Gasteiger partial charge in [-0.1, -0.05) is 0 Å². The highest BCUT2D eigenvalue weighted by Gasteiger charge is 2.17. The Hall–Kier alpha value is -1.60. The Morgan fingerprint density at radius 2 is 1.95 bits per heavy atom. The minimum absolute atomic E-state index is 0.141. The number of hydrogen-bond donors (Lipinski definition) is 3. The predicted octanol–water partition coefficient (Wildman–Crippen LogP) is 0.00730. The van der Waals surface area contributed by atoms with Gasteiger partial charge in [0.25, 0.3) is 5.91 Å². The van der Waals surface area contributed by atoms with Gasteiger partial charge in [-0.2, -0.15) is 0 Å². The molecule has 1 aromatic rings. The third-order valence-corrected chi connectivity index (χ3v) is 3.47. The number of hydrogen-bond acceptors (Lipinski definition) is 4. The largest absolute Gasteiger partial charge is 0.352 e. The zero-order valence-corrected chi connectivity index (χ0v) is 11.5. The zero-order valence-electron chi connectivity index (χ0n) is 10.6. The van der Waals surface area contributed by atoms with Gasteiger partial charge in [-0.15, -0.1) is 0 Å². The van der Waals surface area contributed by atoms with Gasteiger partial charge in [-0.05, 0) is 24.3 Å². The normalized spacial score (nSPS) is 15.6. The first kappa shape index (κ1) is 13.8. The van der Waals surface area contributed by atoms with Crippen molar-refractivity contribution in [3.05, 3.63) is 29.8 Å². The Bertz CT molecular complexity index is 550. The fraction of sp³-hybridized carbons (Fsp3) is 0.417. The van der Waals surface area contributed by atoms with E-state index in [1.165, 1.54) is 0 Å². The second kappa shape index (κ2) is 5.58. The number of amides is 1. The van der Waals surface area contributed by atoms with Crippen LogP contribution in [-0.2, 0) is 10.0 Å². The minimum atomic E-state index is -3.29. The average Bonchev–Trinajstić information content (AvgIpc) is 2.25. The second-order valence-corrected chi connectivity index (χ2v) is 6.43. The summed E-state index contributed by atoms with van der Waals surface area (Å²) in [6.07, 6.45) is 1.08. The summed E-state index contributed by atoms with van der Waals surface area (Å²) in [6.45, 7) is 2.55. The van der Waals surface area contributed by atoms with E-state index in [-0.39, 0.29) is 5.91 Å². The SMILES string of the molecule is CS(=O)(=O)Nc1ccc(C(=O)NCC2CNC2)cc1. The van der Waals surface area contributed by atoms with Crippen LogP contribution < -0.4 is 15.4 Å². The molecule has 0 aliphatic carbocycles. The number of rotatable bonds is 5. The Labute approximate surface area is 112 Å². The number of carbonyl (C=O) groups is 1. The van der Waals surface area contributed by atoms with E-state index in [9.17, 15) is 13.2 Å². The van der Waals surface area contributed by atoms with Crippen molar-refractivity contribution in [3.63, 3.8) is 0 Å². The number of carbonyl (C=O) groups excluding carboxylic acids is 1. The molecular weight excluding hydrogens is 266 g/mol. The molecule has 0 radical (unpaired) electrons. The van der Waals surface area contributed by atoms with Gasteiger partial charge in [0.1, 0.15) is 0 Å². The lowest BCUT2D eigenvalue weighted by Gasteiger charge is -2.27. The lowest BCUT2D eigenvalue weighted by Crippen LogP contribution is -2.48. The molecule has 0 unspecified atom stereocenters. The second-order valence-electron chi connectivity index (χ2n) is 4.69. The molecule has 0 saturated carbocycles. The Morgan fingerprint density at radius 3 is 2.42 bits per heavy atom. The van der Waals surface area contributed by atoms with Crippen molar-refractivity contribution >= 4 is 21.6 Å². The van der Waals surface area contributed by atoms with Crippen molar-refractivity contribution in [2.24, 2.45) is 5.92 Å². The first-order chi connectivity index (χ1) is 8.94. The smallest absolute Gasteiger partial charge is 0.251 e. The van der Waals surface area contributed by atoms with E-state index in [4.69, 9.17) is 0 Å². The highest BCUT2D eigenvalue weighted by molar-refractivity contribution is 7.92. The molecule has 0 aromatic heterocycles. The molecule has 1 heterocycles. The van der Waals surface area contributed by atoms with Crippen molar-refractivity contribution in [2.75, 3.05) is 30.6 Å². The van der Waals surface area contributed by atoms with Crippen LogP contribution in [0.2, 0.25) is 0 Å².